The van der Waals surface area contributed by atoms with Crippen LogP contribution < -0.4 is 5.32 Å². The van der Waals surface area contributed by atoms with Gasteiger partial charge in [0.05, 0.1) is 23.0 Å². The van der Waals surface area contributed by atoms with Gasteiger partial charge in [-0.15, -0.1) is 11.3 Å². The van der Waals surface area contributed by atoms with Crippen LogP contribution in [-0.4, -0.2) is 48.3 Å². The lowest BCUT2D eigenvalue weighted by atomic mass is 10.0. The van der Waals surface area contributed by atoms with Gasteiger partial charge in [-0.05, 0) is 32.9 Å². The van der Waals surface area contributed by atoms with Gasteiger partial charge in [-0.3, -0.25) is 4.79 Å². The fraction of sp³-hybridized carbons (Fsp3) is 0.500. The Hall–Kier alpha value is -1.12. The lowest BCUT2D eigenvalue weighted by Crippen LogP contribution is -2.47. The molecule has 6 nitrogen and oxygen atoms in total. The monoisotopic (exact) mass is 362 g/mol. The van der Waals surface area contributed by atoms with E-state index in [1.54, 1.807) is 18.4 Å². The van der Waals surface area contributed by atoms with Gasteiger partial charge in [0.1, 0.15) is 5.92 Å². The Morgan fingerprint density at radius 2 is 2.35 bits per heavy atom. The number of carbonyl (C=O) groups is 2. The fourth-order valence-electron chi connectivity index (χ4n) is 1.98. The van der Waals surface area contributed by atoms with Crippen molar-refractivity contribution in [3.63, 3.8) is 0 Å². The summed E-state index contributed by atoms with van der Waals surface area (Å²) < 4.78 is 6.13. The maximum Gasteiger partial charge on any atom is 0.317 e. The van der Waals surface area contributed by atoms with Gasteiger partial charge in [-0.2, -0.15) is 0 Å². The molecule has 20 heavy (non-hydrogen) atoms. The predicted molar refractivity (Wildman–Crippen MR) is 77.8 cm³/mol. The molecule has 1 aliphatic heterocycles. The van der Waals surface area contributed by atoms with Crippen LogP contribution in [0.15, 0.2) is 15.2 Å². The van der Waals surface area contributed by atoms with E-state index in [0.717, 1.165) is 9.35 Å². The molecule has 2 heterocycles. The van der Waals surface area contributed by atoms with Gasteiger partial charge in [0.15, 0.2) is 0 Å². The van der Waals surface area contributed by atoms with Crippen molar-refractivity contribution in [3.05, 3.63) is 20.8 Å². The van der Waals surface area contributed by atoms with Crippen molar-refractivity contribution < 1.29 is 19.4 Å². The standard InChI is InChI=1S/C12H15BrN2O4S/c1-15(3-7-2-10(13)20-6-7)12(18)14-9-5-19-4-8(9)11(16)17/h2,6,8-9H,3-5H2,1H3,(H,14,18)(H,16,17). The quantitative estimate of drug-likeness (QED) is 0.855. The van der Waals surface area contributed by atoms with E-state index >= 15 is 0 Å². The number of carbonyl (C=O) groups excluding carboxylic acids is 1. The molecule has 0 bridgehead atoms. The highest BCUT2D eigenvalue weighted by molar-refractivity contribution is 9.11. The van der Waals surface area contributed by atoms with E-state index in [-0.39, 0.29) is 19.2 Å². The first-order valence-corrected chi connectivity index (χ1v) is 7.69. The summed E-state index contributed by atoms with van der Waals surface area (Å²) in [7, 11) is 1.67. The summed E-state index contributed by atoms with van der Waals surface area (Å²) in [6, 6.07) is 1.18. The molecule has 1 aromatic heterocycles. The average molecular weight is 363 g/mol. The number of nitrogens with zero attached hydrogens (tertiary/aromatic N) is 1. The van der Waals surface area contributed by atoms with Crippen LogP contribution in [0, 0.1) is 5.92 Å². The highest BCUT2D eigenvalue weighted by Crippen LogP contribution is 2.21. The Balaban J connectivity index is 1.89. The highest BCUT2D eigenvalue weighted by Gasteiger charge is 2.35. The first-order chi connectivity index (χ1) is 9.47. The highest BCUT2D eigenvalue weighted by atomic mass is 79.9. The minimum Gasteiger partial charge on any atom is -0.481 e. The SMILES string of the molecule is CN(Cc1csc(Br)c1)C(=O)NC1COCC1C(=O)O. The number of thiophene rings is 1. The van der Waals surface area contributed by atoms with E-state index < -0.39 is 17.9 Å². The van der Waals surface area contributed by atoms with Crippen LogP contribution in [-0.2, 0) is 16.1 Å². The second-order valence-corrected chi connectivity index (χ2v) is 6.94. The Bertz CT molecular complexity index is 507. The zero-order valence-electron chi connectivity index (χ0n) is 10.8. The summed E-state index contributed by atoms with van der Waals surface area (Å²) in [6.07, 6.45) is 0. The molecule has 2 unspecified atom stereocenters. The summed E-state index contributed by atoms with van der Waals surface area (Å²) in [5, 5.41) is 13.7. The number of ether oxygens (including phenoxy) is 1. The van der Waals surface area contributed by atoms with Gasteiger partial charge in [0.25, 0.3) is 0 Å². The minimum absolute atomic E-state index is 0.140. The molecule has 0 saturated carbocycles. The topological polar surface area (TPSA) is 78.9 Å². The van der Waals surface area contributed by atoms with Gasteiger partial charge >= 0.3 is 12.0 Å². The van der Waals surface area contributed by atoms with Crippen LogP contribution in [0.1, 0.15) is 5.56 Å². The van der Waals surface area contributed by atoms with E-state index in [1.165, 1.54) is 4.90 Å². The molecule has 1 saturated heterocycles. The molecule has 0 aliphatic carbocycles. The second-order valence-electron chi connectivity index (χ2n) is 4.65. The van der Waals surface area contributed by atoms with Crippen molar-refractivity contribution in [1.82, 2.24) is 10.2 Å². The molecule has 1 aromatic rings. The molecule has 2 rings (SSSR count). The van der Waals surface area contributed by atoms with E-state index in [1.807, 2.05) is 11.4 Å². The van der Waals surface area contributed by atoms with Gasteiger partial charge < -0.3 is 20.1 Å². The van der Waals surface area contributed by atoms with Crippen LogP contribution in [0.5, 0.6) is 0 Å². The Morgan fingerprint density at radius 1 is 1.60 bits per heavy atom. The molecule has 0 aromatic carbocycles. The number of rotatable bonds is 4. The lowest BCUT2D eigenvalue weighted by molar-refractivity contribution is -0.142. The zero-order chi connectivity index (χ0) is 14.7. The minimum atomic E-state index is -0.947. The van der Waals surface area contributed by atoms with Crippen molar-refractivity contribution in [2.75, 3.05) is 20.3 Å². The molecule has 0 radical (unpaired) electrons. The molecule has 110 valence electrons. The third-order valence-electron chi connectivity index (χ3n) is 3.09. The molecule has 8 heteroatoms. The normalized spacial score (nSPS) is 21.7. The van der Waals surface area contributed by atoms with Crippen molar-refractivity contribution in [3.8, 4) is 0 Å². The number of hydrogen-bond acceptors (Lipinski definition) is 4. The van der Waals surface area contributed by atoms with Gasteiger partial charge in [0.2, 0.25) is 0 Å². The summed E-state index contributed by atoms with van der Waals surface area (Å²) in [6.45, 7) is 0.848. The van der Waals surface area contributed by atoms with Crippen LogP contribution in [0.3, 0.4) is 0 Å². The van der Waals surface area contributed by atoms with Crippen LogP contribution in [0.2, 0.25) is 0 Å². The van der Waals surface area contributed by atoms with Crippen molar-refractivity contribution in [1.29, 1.82) is 0 Å². The molecular weight excluding hydrogens is 348 g/mol. The van der Waals surface area contributed by atoms with E-state index in [4.69, 9.17) is 9.84 Å². The number of hydrogen-bond donors (Lipinski definition) is 2. The molecule has 1 fully saturated rings. The van der Waals surface area contributed by atoms with Gasteiger partial charge in [0, 0.05) is 13.6 Å². The third kappa shape index (κ3) is 3.71. The molecule has 0 spiro atoms. The van der Waals surface area contributed by atoms with Crippen LogP contribution >= 0.6 is 27.3 Å². The first-order valence-electron chi connectivity index (χ1n) is 6.02. The van der Waals surface area contributed by atoms with Crippen molar-refractivity contribution >= 4 is 39.3 Å². The van der Waals surface area contributed by atoms with Crippen molar-refractivity contribution in [2.24, 2.45) is 5.92 Å². The molecule has 2 atom stereocenters. The number of amides is 2. The summed E-state index contributed by atoms with van der Waals surface area (Å²) >= 11 is 4.93. The summed E-state index contributed by atoms with van der Waals surface area (Å²) in [5.41, 5.74) is 1.02. The smallest absolute Gasteiger partial charge is 0.317 e. The maximum absolute atomic E-state index is 12.0. The molecule has 2 amide bonds. The van der Waals surface area contributed by atoms with Gasteiger partial charge in [-0.1, -0.05) is 0 Å². The Labute approximate surface area is 128 Å². The number of nitrogens with one attached hydrogen (secondary N) is 1. The number of halogens is 1. The number of aliphatic carboxylic acids is 1. The summed E-state index contributed by atoms with van der Waals surface area (Å²) in [5.74, 6) is -1.63. The third-order valence-corrected chi connectivity index (χ3v) is 4.65. The first kappa shape index (κ1) is 15.3. The van der Waals surface area contributed by atoms with Crippen LogP contribution in [0.4, 0.5) is 4.79 Å². The predicted octanol–water partition coefficient (Wildman–Crippen LogP) is 1.75. The van der Waals surface area contributed by atoms with E-state index in [0.29, 0.717) is 6.54 Å². The van der Waals surface area contributed by atoms with Crippen LogP contribution in [0.25, 0.3) is 0 Å². The fourth-order valence-corrected chi connectivity index (χ4v) is 3.18. The maximum atomic E-state index is 12.0. The molecule has 2 N–H and O–H groups in total. The van der Waals surface area contributed by atoms with Crippen molar-refractivity contribution in [2.45, 2.75) is 12.6 Å². The van der Waals surface area contributed by atoms with E-state index in [2.05, 4.69) is 21.2 Å². The number of urea groups is 1. The van der Waals surface area contributed by atoms with E-state index in [9.17, 15) is 9.59 Å². The lowest BCUT2D eigenvalue weighted by Gasteiger charge is -2.22. The average Bonchev–Trinajstić information content (AvgIpc) is 2.98. The molecule has 1 aliphatic rings. The number of carboxylic acids is 1. The largest absolute Gasteiger partial charge is 0.481 e. The zero-order valence-corrected chi connectivity index (χ0v) is 13.2. The second kappa shape index (κ2) is 6.55. The number of carboxylic acid groups (broad SMARTS) is 1. The Morgan fingerprint density at radius 3 is 2.95 bits per heavy atom. The Kier molecular flexibility index (Phi) is 5.00. The van der Waals surface area contributed by atoms with Gasteiger partial charge in [-0.25, -0.2) is 4.79 Å². The molecular formula is C12H15BrN2O4S. The summed E-state index contributed by atoms with van der Waals surface area (Å²) in [4.78, 5) is 24.6.